The smallest absolute Gasteiger partial charge is 0.0968 e. The average molecular weight is 130 g/mol. The van der Waals surface area contributed by atoms with E-state index in [0.717, 1.165) is 0 Å². The van der Waals surface area contributed by atoms with Crippen LogP contribution in [0.3, 0.4) is 0 Å². The number of hydrogen-bond donors (Lipinski definition) is 0. The van der Waals surface area contributed by atoms with E-state index >= 15 is 0 Å². The average Bonchev–Trinajstić information content (AvgIpc) is 1.88. The molecule has 0 unspecified atom stereocenters. The van der Waals surface area contributed by atoms with Gasteiger partial charge in [0.05, 0.1) is 5.83 Å². The molecule has 0 aromatic heterocycles. The first-order chi connectivity index (χ1) is 4.27. The minimum atomic E-state index is -0.155. The summed E-state index contributed by atoms with van der Waals surface area (Å²) < 4.78 is 11.7. The predicted molar refractivity (Wildman–Crippen MR) is 41.0 cm³/mol. The number of rotatable bonds is 1. The van der Waals surface area contributed by atoms with Gasteiger partial charge in [0, 0.05) is 0 Å². The van der Waals surface area contributed by atoms with Crippen LogP contribution in [0.5, 0.6) is 0 Å². The Morgan fingerprint density at radius 3 is 1.89 bits per heavy atom. The van der Waals surface area contributed by atoms with Gasteiger partial charge in [-0.2, -0.15) is 0 Å². The number of allylic oxidation sites excluding steroid dienone is 4. The normalized spacial score (nSPS) is 11.0. The van der Waals surface area contributed by atoms with Crippen LogP contribution in [0.4, 0.5) is 4.39 Å². The first-order valence-electron chi connectivity index (χ1n) is 3.22. The lowest BCUT2D eigenvalue weighted by atomic mass is 10.4. The van der Waals surface area contributed by atoms with Crippen molar-refractivity contribution in [2.75, 3.05) is 0 Å². The molecule has 0 N–H and O–H groups in total. The third kappa shape index (κ3) is 18.7. The van der Waals surface area contributed by atoms with Crippen molar-refractivity contribution in [1.29, 1.82) is 0 Å². The Morgan fingerprint density at radius 1 is 1.33 bits per heavy atom. The summed E-state index contributed by atoms with van der Waals surface area (Å²) in [4.78, 5) is 0. The van der Waals surface area contributed by atoms with Crippen LogP contribution in [-0.4, -0.2) is 0 Å². The highest BCUT2D eigenvalue weighted by Gasteiger charge is 1.71. The van der Waals surface area contributed by atoms with Crippen molar-refractivity contribution in [3.05, 3.63) is 24.1 Å². The summed E-state index contributed by atoms with van der Waals surface area (Å²) >= 11 is 0. The molecular formula is C8H15F. The van der Waals surface area contributed by atoms with Crippen molar-refractivity contribution in [2.45, 2.75) is 27.7 Å². The Balaban J connectivity index is 0. The molecule has 0 amide bonds. The van der Waals surface area contributed by atoms with Crippen LogP contribution < -0.4 is 0 Å². The summed E-state index contributed by atoms with van der Waals surface area (Å²) in [6, 6.07) is 0. The van der Waals surface area contributed by atoms with Gasteiger partial charge in [-0.05, 0) is 19.9 Å². The molecule has 0 heterocycles. The second-order valence-electron chi connectivity index (χ2n) is 1.28. The molecule has 9 heavy (non-hydrogen) atoms. The molecule has 0 spiro atoms. The van der Waals surface area contributed by atoms with Crippen LogP contribution in [0, 0.1) is 0 Å². The molecule has 0 aliphatic rings. The molecule has 0 saturated heterocycles. The van der Waals surface area contributed by atoms with Gasteiger partial charge < -0.3 is 0 Å². The van der Waals surface area contributed by atoms with E-state index in [-0.39, 0.29) is 5.83 Å². The molecule has 0 aliphatic carbocycles. The fourth-order valence-electron chi connectivity index (χ4n) is 0.229. The van der Waals surface area contributed by atoms with Crippen molar-refractivity contribution in [2.24, 2.45) is 0 Å². The van der Waals surface area contributed by atoms with Gasteiger partial charge in [0.2, 0.25) is 0 Å². The first kappa shape index (κ1) is 11.2. The van der Waals surface area contributed by atoms with E-state index in [1.54, 1.807) is 12.2 Å². The molecule has 0 nitrogen and oxygen atoms in total. The van der Waals surface area contributed by atoms with E-state index < -0.39 is 0 Å². The highest BCUT2D eigenvalue weighted by atomic mass is 19.1. The Hall–Kier alpha value is -0.590. The van der Waals surface area contributed by atoms with E-state index in [0.29, 0.717) is 0 Å². The van der Waals surface area contributed by atoms with Crippen molar-refractivity contribution in [3.8, 4) is 0 Å². The molecule has 54 valence electrons. The van der Waals surface area contributed by atoms with Crippen molar-refractivity contribution >= 4 is 0 Å². The zero-order valence-corrected chi connectivity index (χ0v) is 6.61. The molecule has 0 bridgehead atoms. The highest BCUT2D eigenvalue weighted by Crippen LogP contribution is 1.91. The summed E-state index contributed by atoms with van der Waals surface area (Å²) in [6.07, 6.45) is 4.86. The lowest BCUT2D eigenvalue weighted by Gasteiger charge is -1.73. The Kier molecular flexibility index (Phi) is 13.0. The Morgan fingerprint density at radius 2 is 1.78 bits per heavy atom. The number of halogens is 1. The van der Waals surface area contributed by atoms with Crippen molar-refractivity contribution in [1.82, 2.24) is 0 Å². The Labute approximate surface area is 57.1 Å². The van der Waals surface area contributed by atoms with Crippen molar-refractivity contribution in [3.63, 3.8) is 0 Å². The maximum absolute atomic E-state index is 11.7. The van der Waals surface area contributed by atoms with E-state index in [4.69, 9.17) is 0 Å². The molecule has 0 aromatic carbocycles. The summed E-state index contributed by atoms with van der Waals surface area (Å²) in [5.41, 5.74) is 0. The fraction of sp³-hybridized carbons (Fsp3) is 0.500. The summed E-state index contributed by atoms with van der Waals surface area (Å²) in [5, 5.41) is 0. The van der Waals surface area contributed by atoms with Gasteiger partial charge in [0.1, 0.15) is 0 Å². The van der Waals surface area contributed by atoms with Gasteiger partial charge in [0.15, 0.2) is 0 Å². The van der Waals surface area contributed by atoms with Gasteiger partial charge >= 0.3 is 0 Å². The largest absolute Gasteiger partial charge is 0.212 e. The van der Waals surface area contributed by atoms with E-state index in [1.807, 2.05) is 20.8 Å². The SMILES string of the molecule is C/C=C\C=C(/C)F.CC. The minimum Gasteiger partial charge on any atom is -0.212 e. The zero-order valence-electron chi connectivity index (χ0n) is 6.61. The van der Waals surface area contributed by atoms with Crippen LogP contribution >= 0.6 is 0 Å². The van der Waals surface area contributed by atoms with Crippen LogP contribution in [0.25, 0.3) is 0 Å². The monoisotopic (exact) mass is 130 g/mol. The first-order valence-corrected chi connectivity index (χ1v) is 3.22. The molecule has 1 heteroatoms. The van der Waals surface area contributed by atoms with Gasteiger partial charge in [-0.25, -0.2) is 4.39 Å². The Bertz CT molecular complexity index is 86.7. The molecule has 0 saturated carbocycles. The third-order valence-electron chi connectivity index (χ3n) is 0.518. The molecule has 0 atom stereocenters. The second-order valence-corrected chi connectivity index (χ2v) is 1.28. The second kappa shape index (κ2) is 10.4. The van der Waals surface area contributed by atoms with E-state index in [1.165, 1.54) is 13.0 Å². The highest BCUT2D eigenvalue weighted by molar-refractivity contribution is 5.03. The molecule has 0 rings (SSSR count). The molecule has 0 fully saturated rings. The minimum absolute atomic E-state index is 0.155. The molecular weight excluding hydrogens is 115 g/mol. The topological polar surface area (TPSA) is 0 Å². The van der Waals surface area contributed by atoms with Crippen LogP contribution in [0.2, 0.25) is 0 Å². The lowest BCUT2D eigenvalue weighted by molar-refractivity contribution is 0.640. The molecule has 0 aliphatic heterocycles. The van der Waals surface area contributed by atoms with Gasteiger partial charge in [-0.1, -0.05) is 26.0 Å². The third-order valence-corrected chi connectivity index (χ3v) is 0.518. The van der Waals surface area contributed by atoms with Gasteiger partial charge in [-0.15, -0.1) is 0 Å². The maximum atomic E-state index is 11.7. The summed E-state index contributed by atoms with van der Waals surface area (Å²) in [6.45, 7) is 7.26. The quantitative estimate of drug-likeness (QED) is 0.477. The maximum Gasteiger partial charge on any atom is 0.0968 e. The predicted octanol–water partition coefficient (Wildman–Crippen LogP) is 3.46. The summed E-state index contributed by atoms with van der Waals surface area (Å²) in [7, 11) is 0. The lowest BCUT2D eigenvalue weighted by Crippen LogP contribution is -1.53. The number of hydrogen-bond acceptors (Lipinski definition) is 0. The standard InChI is InChI=1S/C6H9F.C2H6/c1-3-4-5-6(2)7;1-2/h3-5H,1-2H3;1-2H3/b4-3-,6-5+;. The van der Waals surface area contributed by atoms with Crippen LogP contribution in [0.1, 0.15) is 27.7 Å². The van der Waals surface area contributed by atoms with Gasteiger partial charge in [-0.3, -0.25) is 0 Å². The summed E-state index contributed by atoms with van der Waals surface area (Å²) in [5.74, 6) is -0.155. The van der Waals surface area contributed by atoms with Crippen LogP contribution in [-0.2, 0) is 0 Å². The van der Waals surface area contributed by atoms with E-state index in [9.17, 15) is 4.39 Å². The van der Waals surface area contributed by atoms with Crippen molar-refractivity contribution < 1.29 is 4.39 Å². The fourth-order valence-corrected chi connectivity index (χ4v) is 0.229. The van der Waals surface area contributed by atoms with E-state index in [2.05, 4.69) is 0 Å². The molecule has 0 aromatic rings. The zero-order chi connectivity index (χ0) is 7.70. The van der Waals surface area contributed by atoms with Crippen LogP contribution in [0.15, 0.2) is 24.1 Å². The molecule has 0 radical (unpaired) electrons. The van der Waals surface area contributed by atoms with Gasteiger partial charge in [0.25, 0.3) is 0 Å².